The number of hydrogen-bond donors (Lipinski definition) is 2. The van der Waals surface area contributed by atoms with Crippen LogP contribution in [0.3, 0.4) is 0 Å². The fourth-order valence-corrected chi connectivity index (χ4v) is 3.02. The number of nitrogens with one attached hydrogen (secondary N) is 2. The second-order valence-electron chi connectivity index (χ2n) is 6.63. The van der Waals surface area contributed by atoms with Crippen LogP contribution in [-0.2, 0) is 16.1 Å². The maximum absolute atomic E-state index is 12.2. The Balaban J connectivity index is 1.42. The summed E-state index contributed by atoms with van der Waals surface area (Å²) in [7, 11) is 1.69. The summed E-state index contributed by atoms with van der Waals surface area (Å²) >= 11 is 9.18. The van der Waals surface area contributed by atoms with Gasteiger partial charge in [0.15, 0.2) is 0 Å². The molecule has 2 aromatic heterocycles. The summed E-state index contributed by atoms with van der Waals surface area (Å²) < 4.78 is 6.58. The van der Waals surface area contributed by atoms with Gasteiger partial charge in [0, 0.05) is 21.3 Å². The van der Waals surface area contributed by atoms with Crippen LogP contribution in [-0.4, -0.2) is 41.8 Å². The molecule has 2 N–H and O–H groups in total. The van der Waals surface area contributed by atoms with Crippen molar-refractivity contribution >= 4 is 45.2 Å². The molecule has 1 aromatic carbocycles. The summed E-state index contributed by atoms with van der Waals surface area (Å²) in [5.74, 6) is 1.33. The Labute approximate surface area is 187 Å². The van der Waals surface area contributed by atoms with Crippen molar-refractivity contribution in [3.63, 3.8) is 0 Å². The number of carbonyl (C=O) groups excluding carboxylic acids is 2. The number of amides is 2. The van der Waals surface area contributed by atoms with E-state index in [0.717, 1.165) is 10.0 Å². The fourth-order valence-electron chi connectivity index (χ4n) is 2.66. The van der Waals surface area contributed by atoms with E-state index < -0.39 is 0 Å². The van der Waals surface area contributed by atoms with Gasteiger partial charge in [0.1, 0.15) is 17.3 Å². The SMILES string of the molecule is CN(CC(=O)NCc1ccc(-c2ccc(Cl)cc2)o1)CC(=O)Nc1ccc(Br)cn1. The molecule has 0 aliphatic carbocycles. The molecule has 2 heterocycles. The van der Waals surface area contributed by atoms with Gasteiger partial charge in [-0.3, -0.25) is 14.5 Å². The minimum absolute atomic E-state index is 0.0621. The van der Waals surface area contributed by atoms with Crippen LogP contribution in [0, 0.1) is 0 Å². The molecule has 0 aliphatic heterocycles. The van der Waals surface area contributed by atoms with Crippen molar-refractivity contribution in [2.45, 2.75) is 6.54 Å². The number of anilines is 1. The normalized spacial score (nSPS) is 10.8. The molecule has 0 saturated heterocycles. The monoisotopic (exact) mass is 490 g/mol. The predicted molar refractivity (Wildman–Crippen MR) is 119 cm³/mol. The van der Waals surface area contributed by atoms with Gasteiger partial charge >= 0.3 is 0 Å². The molecular weight excluding hydrogens is 472 g/mol. The zero-order valence-electron chi connectivity index (χ0n) is 16.2. The maximum atomic E-state index is 12.2. The van der Waals surface area contributed by atoms with Crippen LogP contribution in [0.1, 0.15) is 5.76 Å². The summed E-state index contributed by atoms with van der Waals surface area (Å²) in [6, 6.07) is 14.5. The van der Waals surface area contributed by atoms with Gasteiger partial charge < -0.3 is 15.1 Å². The summed E-state index contributed by atoms with van der Waals surface area (Å²) in [4.78, 5) is 29.9. The van der Waals surface area contributed by atoms with E-state index in [4.69, 9.17) is 16.0 Å². The summed E-state index contributed by atoms with van der Waals surface area (Å²) in [6.45, 7) is 0.397. The van der Waals surface area contributed by atoms with Crippen LogP contribution < -0.4 is 10.6 Å². The number of hydrogen-bond acceptors (Lipinski definition) is 5. The number of carbonyl (C=O) groups is 2. The molecule has 2 amide bonds. The van der Waals surface area contributed by atoms with Crippen molar-refractivity contribution in [3.8, 4) is 11.3 Å². The molecule has 3 aromatic rings. The smallest absolute Gasteiger partial charge is 0.239 e. The molecule has 0 atom stereocenters. The summed E-state index contributed by atoms with van der Waals surface area (Å²) in [6.07, 6.45) is 1.60. The van der Waals surface area contributed by atoms with Crippen molar-refractivity contribution in [1.82, 2.24) is 15.2 Å². The van der Waals surface area contributed by atoms with Crippen LogP contribution in [0.15, 0.2) is 63.6 Å². The number of rotatable bonds is 8. The average Bonchev–Trinajstić information content (AvgIpc) is 3.17. The molecule has 0 unspecified atom stereocenters. The van der Waals surface area contributed by atoms with E-state index in [2.05, 4.69) is 31.5 Å². The second-order valence-corrected chi connectivity index (χ2v) is 7.98. The van der Waals surface area contributed by atoms with E-state index >= 15 is 0 Å². The first-order valence-electron chi connectivity index (χ1n) is 9.10. The third-order valence-corrected chi connectivity index (χ3v) is 4.79. The lowest BCUT2D eigenvalue weighted by Gasteiger charge is -2.15. The number of pyridine rings is 1. The van der Waals surface area contributed by atoms with Gasteiger partial charge in [-0.05, 0) is 71.5 Å². The lowest BCUT2D eigenvalue weighted by molar-refractivity contribution is -0.123. The first kappa shape index (κ1) is 22.0. The topological polar surface area (TPSA) is 87.5 Å². The lowest BCUT2D eigenvalue weighted by Crippen LogP contribution is -2.38. The standard InChI is InChI=1S/C21H20BrClN4O3/c1-27(13-21(29)26-19-9-4-15(22)10-24-19)12-20(28)25-11-17-7-8-18(30-17)14-2-5-16(23)6-3-14/h2-10H,11-13H2,1H3,(H,25,28)(H,24,26,29). The van der Waals surface area contributed by atoms with Gasteiger partial charge in [0.2, 0.25) is 11.8 Å². The molecule has 0 aliphatic rings. The maximum Gasteiger partial charge on any atom is 0.239 e. The van der Waals surface area contributed by atoms with E-state index in [0.29, 0.717) is 22.4 Å². The number of aromatic nitrogens is 1. The Morgan fingerprint density at radius 3 is 2.50 bits per heavy atom. The molecule has 7 nitrogen and oxygen atoms in total. The van der Waals surface area contributed by atoms with Crippen molar-refractivity contribution < 1.29 is 14.0 Å². The molecular formula is C21H20BrClN4O3. The van der Waals surface area contributed by atoms with Gasteiger partial charge in [0.25, 0.3) is 0 Å². The number of furan rings is 1. The lowest BCUT2D eigenvalue weighted by atomic mass is 10.2. The van der Waals surface area contributed by atoms with Crippen molar-refractivity contribution in [2.75, 3.05) is 25.5 Å². The van der Waals surface area contributed by atoms with E-state index in [1.54, 1.807) is 42.4 Å². The summed E-state index contributed by atoms with van der Waals surface area (Å²) in [5, 5.41) is 6.13. The molecule has 0 fully saturated rings. The summed E-state index contributed by atoms with van der Waals surface area (Å²) in [5.41, 5.74) is 0.906. The molecule has 3 rings (SSSR count). The number of halogens is 2. The molecule has 9 heteroatoms. The van der Waals surface area contributed by atoms with E-state index in [1.807, 2.05) is 24.3 Å². The van der Waals surface area contributed by atoms with Crippen LogP contribution in [0.2, 0.25) is 5.02 Å². The fraction of sp³-hybridized carbons (Fsp3) is 0.190. The Bertz CT molecular complexity index is 1010. The second kappa shape index (κ2) is 10.4. The Morgan fingerprint density at radius 2 is 1.80 bits per heavy atom. The number of likely N-dealkylation sites (N-methyl/N-ethyl adjacent to an activating group) is 1. The molecule has 0 saturated carbocycles. The molecule has 156 valence electrons. The van der Waals surface area contributed by atoms with Gasteiger partial charge in [-0.2, -0.15) is 0 Å². The van der Waals surface area contributed by atoms with Gasteiger partial charge in [-0.15, -0.1) is 0 Å². The highest BCUT2D eigenvalue weighted by atomic mass is 79.9. The first-order chi connectivity index (χ1) is 14.4. The Hall–Kier alpha value is -2.68. The van der Waals surface area contributed by atoms with Gasteiger partial charge in [-0.1, -0.05) is 11.6 Å². The highest BCUT2D eigenvalue weighted by Crippen LogP contribution is 2.23. The predicted octanol–water partition coefficient (Wildman–Crippen LogP) is 3.94. The van der Waals surface area contributed by atoms with Gasteiger partial charge in [-0.25, -0.2) is 4.98 Å². The van der Waals surface area contributed by atoms with Gasteiger partial charge in [0.05, 0.1) is 19.6 Å². The third-order valence-electron chi connectivity index (χ3n) is 4.07. The van der Waals surface area contributed by atoms with Crippen molar-refractivity contribution in [1.29, 1.82) is 0 Å². The Morgan fingerprint density at radius 1 is 1.07 bits per heavy atom. The molecule has 0 spiro atoms. The quantitative estimate of drug-likeness (QED) is 0.498. The third kappa shape index (κ3) is 6.69. The molecule has 0 bridgehead atoms. The average molecular weight is 492 g/mol. The Kier molecular flexibility index (Phi) is 7.62. The highest BCUT2D eigenvalue weighted by Gasteiger charge is 2.12. The van der Waals surface area contributed by atoms with Crippen LogP contribution in [0.25, 0.3) is 11.3 Å². The minimum atomic E-state index is -0.251. The van der Waals surface area contributed by atoms with E-state index in [1.165, 1.54) is 0 Å². The van der Waals surface area contributed by atoms with Crippen molar-refractivity contribution in [3.05, 3.63) is 70.0 Å². The molecule has 30 heavy (non-hydrogen) atoms. The molecule has 0 radical (unpaired) electrons. The van der Waals surface area contributed by atoms with Crippen LogP contribution >= 0.6 is 27.5 Å². The zero-order valence-corrected chi connectivity index (χ0v) is 18.5. The first-order valence-corrected chi connectivity index (χ1v) is 10.3. The van der Waals surface area contributed by atoms with Crippen LogP contribution in [0.4, 0.5) is 5.82 Å². The van der Waals surface area contributed by atoms with E-state index in [-0.39, 0.29) is 31.4 Å². The zero-order chi connectivity index (χ0) is 21.5. The number of nitrogens with zero attached hydrogens (tertiary/aromatic N) is 2. The highest BCUT2D eigenvalue weighted by molar-refractivity contribution is 9.10. The van der Waals surface area contributed by atoms with Crippen LogP contribution in [0.5, 0.6) is 0 Å². The minimum Gasteiger partial charge on any atom is -0.459 e. The largest absolute Gasteiger partial charge is 0.459 e. The van der Waals surface area contributed by atoms with Crippen molar-refractivity contribution in [2.24, 2.45) is 0 Å². The number of benzene rings is 1. The van der Waals surface area contributed by atoms with E-state index in [9.17, 15) is 9.59 Å².